The second kappa shape index (κ2) is 4.14. The van der Waals surface area contributed by atoms with Gasteiger partial charge in [-0.15, -0.1) is 10.2 Å². The van der Waals surface area contributed by atoms with Crippen molar-refractivity contribution < 1.29 is 4.74 Å². The van der Waals surface area contributed by atoms with E-state index >= 15 is 0 Å². The summed E-state index contributed by atoms with van der Waals surface area (Å²) in [5.41, 5.74) is 6.03. The molecule has 3 rings (SSSR count). The normalized spacial score (nSPS) is 30.1. The maximum atomic E-state index is 6.03. The quantitative estimate of drug-likeness (QED) is 0.768. The Kier molecular flexibility index (Phi) is 2.65. The molecule has 2 aliphatic rings. The van der Waals surface area contributed by atoms with E-state index in [0.29, 0.717) is 5.92 Å². The second-order valence-electron chi connectivity index (χ2n) is 4.73. The zero-order valence-electron chi connectivity index (χ0n) is 9.43. The average molecular weight is 222 g/mol. The summed E-state index contributed by atoms with van der Waals surface area (Å²) in [4.78, 5) is 0. The number of hydrogen-bond acceptors (Lipinski definition) is 4. The van der Waals surface area contributed by atoms with Gasteiger partial charge in [-0.25, -0.2) is 0 Å². The minimum Gasteiger partial charge on any atom is -0.381 e. The zero-order valence-corrected chi connectivity index (χ0v) is 9.43. The highest BCUT2D eigenvalue weighted by molar-refractivity contribution is 5.08. The van der Waals surface area contributed by atoms with Gasteiger partial charge in [0.05, 0.1) is 12.6 Å². The van der Waals surface area contributed by atoms with Crippen molar-refractivity contribution in [2.75, 3.05) is 13.2 Å². The number of nitrogens with zero attached hydrogens (tertiary/aromatic N) is 3. The molecule has 5 heteroatoms. The van der Waals surface area contributed by atoms with Gasteiger partial charge in [0, 0.05) is 19.1 Å². The minimum atomic E-state index is 0.0690. The molecule has 0 aromatic carbocycles. The highest BCUT2D eigenvalue weighted by atomic mass is 16.5. The molecule has 1 aromatic heterocycles. The maximum absolute atomic E-state index is 6.03. The Balaban J connectivity index is 1.89. The van der Waals surface area contributed by atoms with Crippen molar-refractivity contribution in [3.05, 3.63) is 11.6 Å². The van der Waals surface area contributed by atoms with E-state index in [1.54, 1.807) is 0 Å². The van der Waals surface area contributed by atoms with Crippen molar-refractivity contribution in [1.29, 1.82) is 0 Å². The summed E-state index contributed by atoms with van der Waals surface area (Å²) in [6.07, 6.45) is 4.44. The van der Waals surface area contributed by atoms with Gasteiger partial charge in [0.1, 0.15) is 11.6 Å². The molecule has 0 spiro atoms. The Bertz CT molecular complexity index is 370. The van der Waals surface area contributed by atoms with E-state index in [9.17, 15) is 0 Å². The first kappa shape index (κ1) is 10.2. The van der Waals surface area contributed by atoms with Crippen LogP contribution in [0.3, 0.4) is 0 Å². The molecule has 16 heavy (non-hydrogen) atoms. The van der Waals surface area contributed by atoms with E-state index in [1.807, 2.05) is 0 Å². The van der Waals surface area contributed by atoms with Crippen LogP contribution in [0.5, 0.6) is 0 Å². The Hall–Kier alpha value is -0.940. The Morgan fingerprint density at radius 2 is 2.06 bits per heavy atom. The summed E-state index contributed by atoms with van der Waals surface area (Å²) in [7, 11) is 0. The van der Waals surface area contributed by atoms with Crippen LogP contribution in [0.15, 0.2) is 0 Å². The molecule has 0 radical (unpaired) electrons. The summed E-state index contributed by atoms with van der Waals surface area (Å²) in [5.74, 6) is 2.47. The Morgan fingerprint density at radius 3 is 2.88 bits per heavy atom. The summed E-state index contributed by atoms with van der Waals surface area (Å²) in [6.45, 7) is 2.69. The standard InChI is InChI=1S/C11H18N4O/c12-9-4-1-5-15-10(13-14-11(9)15)8-3-2-6-16-7-8/h8-9H,1-7,12H2. The number of ether oxygens (including phenoxy) is 1. The fourth-order valence-corrected chi connectivity index (χ4v) is 2.68. The SMILES string of the molecule is NC1CCCn2c1nnc2C1CCCOC1. The molecule has 88 valence electrons. The first-order valence-electron chi connectivity index (χ1n) is 6.12. The van der Waals surface area contributed by atoms with Gasteiger partial charge >= 0.3 is 0 Å². The van der Waals surface area contributed by atoms with Gasteiger partial charge in [0.2, 0.25) is 0 Å². The predicted octanol–water partition coefficient (Wildman–Crippen LogP) is 0.966. The molecule has 3 heterocycles. The molecular weight excluding hydrogens is 204 g/mol. The average Bonchev–Trinajstić information content (AvgIpc) is 2.75. The van der Waals surface area contributed by atoms with Crippen LogP contribution in [-0.2, 0) is 11.3 Å². The summed E-state index contributed by atoms with van der Waals surface area (Å²) >= 11 is 0. The first-order valence-corrected chi connectivity index (χ1v) is 6.12. The van der Waals surface area contributed by atoms with Gasteiger partial charge in [0.25, 0.3) is 0 Å². The third-order valence-corrected chi connectivity index (χ3v) is 3.56. The van der Waals surface area contributed by atoms with E-state index < -0.39 is 0 Å². The molecule has 0 aliphatic carbocycles. The van der Waals surface area contributed by atoms with Crippen molar-refractivity contribution >= 4 is 0 Å². The largest absolute Gasteiger partial charge is 0.381 e. The Morgan fingerprint density at radius 1 is 1.19 bits per heavy atom. The summed E-state index contributed by atoms with van der Waals surface area (Å²) < 4.78 is 7.73. The minimum absolute atomic E-state index is 0.0690. The van der Waals surface area contributed by atoms with Crippen LogP contribution in [0.1, 0.15) is 49.3 Å². The molecule has 2 unspecified atom stereocenters. The van der Waals surface area contributed by atoms with Crippen LogP contribution in [0.25, 0.3) is 0 Å². The third-order valence-electron chi connectivity index (χ3n) is 3.56. The first-order chi connectivity index (χ1) is 7.86. The molecule has 2 atom stereocenters. The van der Waals surface area contributed by atoms with Crippen molar-refractivity contribution in [3.8, 4) is 0 Å². The molecular formula is C11H18N4O. The number of nitrogens with two attached hydrogens (primary N) is 1. The fraction of sp³-hybridized carbons (Fsp3) is 0.818. The predicted molar refractivity (Wildman–Crippen MR) is 59.0 cm³/mol. The van der Waals surface area contributed by atoms with Gasteiger partial charge in [-0.1, -0.05) is 0 Å². The van der Waals surface area contributed by atoms with Crippen LogP contribution in [-0.4, -0.2) is 28.0 Å². The third kappa shape index (κ3) is 1.64. The molecule has 2 N–H and O–H groups in total. The van der Waals surface area contributed by atoms with Crippen molar-refractivity contribution in [3.63, 3.8) is 0 Å². The lowest BCUT2D eigenvalue weighted by molar-refractivity contribution is 0.0766. The van der Waals surface area contributed by atoms with Gasteiger partial charge in [-0.3, -0.25) is 0 Å². The number of fused-ring (bicyclic) bond motifs is 1. The molecule has 2 aliphatic heterocycles. The maximum Gasteiger partial charge on any atom is 0.149 e. The van der Waals surface area contributed by atoms with E-state index in [4.69, 9.17) is 10.5 Å². The van der Waals surface area contributed by atoms with E-state index in [1.165, 1.54) is 0 Å². The van der Waals surface area contributed by atoms with Crippen molar-refractivity contribution in [1.82, 2.24) is 14.8 Å². The molecule has 1 aromatic rings. The zero-order chi connectivity index (χ0) is 11.0. The van der Waals surface area contributed by atoms with Gasteiger partial charge in [0.15, 0.2) is 0 Å². The Labute approximate surface area is 95.0 Å². The lowest BCUT2D eigenvalue weighted by atomic mass is 10.0. The number of aromatic nitrogens is 3. The van der Waals surface area contributed by atoms with Crippen LogP contribution < -0.4 is 5.73 Å². The van der Waals surface area contributed by atoms with Crippen LogP contribution in [0, 0.1) is 0 Å². The van der Waals surface area contributed by atoms with Gasteiger partial charge in [-0.05, 0) is 25.7 Å². The smallest absolute Gasteiger partial charge is 0.149 e. The number of rotatable bonds is 1. The van der Waals surface area contributed by atoms with Crippen LogP contribution in [0.4, 0.5) is 0 Å². The number of hydrogen-bond donors (Lipinski definition) is 1. The second-order valence-corrected chi connectivity index (χ2v) is 4.73. The van der Waals surface area contributed by atoms with Gasteiger partial charge < -0.3 is 15.0 Å². The molecule has 0 saturated carbocycles. The lowest BCUT2D eigenvalue weighted by Gasteiger charge is -2.25. The highest BCUT2D eigenvalue weighted by Gasteiger charge is 2.27. The molecule has 1 fully saturated rings. The summed E-state index contributed by atoms with van der Waals surface area (Å²) in [5, 5.41) is 8.57. The molecule has 0 bridgehead atoms. The summed E-state index contributed by atoms with van der Waals surface area (Å²) in [6, 6.07) is 0.0690. The van der Waals surface area contributed by atoms with Crippen LogP contribution in [0.2, 0.25) is 0 Å². The van der Waals surface area contributed by atoms with Gasteiger partial charge in [-0.2, -0.15) is 0 Å². The molecule has 5 nitrogen and oxygen atoms in total. The molecule has 0 amide bonds. The highest BCUT2D eigenvalue weighted by Crippen LogP contribution is 2.29. The van der Waals surface area contributed by atoms with Crippen LogP contribution >= 0.6 is 0 Å². The van der Waals surface area contributed by atoms with E-state index in [2.05, 4.69) is 14.8 Å². The van der Waals surface area contributed by atoms with E-state index in [-0.39, 0.29) is 6.04 Å². The lowest BCUT2D eigenvalue weighted by Crippen LogP contribution is -2.25. The van der Waals surface area contributed by atoms with Crippen molar-refractivity contribution in [2.45, 2.75) is 44.2 Å². The van der Waals surface area contributed by atoms with Crippen molar-refractivity contribution in [2.24, 2.45) is 5.73 Å². The topological polar surface area (TPSA) is 66.0 Å². The van der Waals surface area contributed by atoms with E-state index in [0.717, 1.165) is 57.1 Å². The monoisotopic (exact) mass is 222 g/mol. The fourth-order valence-electron chi connectivity index (χ4n) is 2.68. The molecule has 1 saturated heterocycles.